The van der Waals surface area contributed by atoms with Crippen molar-refractivity contribution in [2.24, 2.45) is 5.92 Å². The minimum absolute atomic E-state index is 0.105. The van der Waals surface area contributed by atoms with Crippen molar-refractivity contribution in [3.8, 4) is 0 Å². The molecule has 2 bridgehead atoms. The number of carbonyl (C=O) groups is 1. The fourth-order valence-electron chi connectivity index (χ4n) is 3.06. The first-order valence-corrected chi connectivity index (χ1v) is 6.38. The molecule has 16 heavy (non-hydrogen) atoms. The van der Waals surface area contributed by atoms with E-state index < -0.39 is 0 Å². The maximum absolute atomic E-state index is 12.1. The molecular formula is C13H23NO2. The Morgan fingerprint density at radius 1 is 1.19 bits per heavy atom. The Bertz CT molecular complexity index is 268. The van der Waals surface area contributed by atoms with Crippen molar-refractivity contribution in [3.05, 3.63) is 0 Å². The third kappa shape index (κ3) is 2.33. The number of hydrogen-bond acceptors (Lipinski definition) is 2. The zero-order valence-electron chi connectivity index (χ0n) is 10.8. The Morgan fingerprint density at radius 3 is 2.12 bits per heavy atom. The summed E-state index contributed by atoms with van der Waals surface area (Å²) in [6.07, 6.45) is 4.51. The highest BCUT2D eigenvalue weighted by atomic mass is 16.6. The normalized spacial score (nSPS) is 34.0. The first-order valence-electron chi connectivity index (χ1n) is 6.38. The van der Waals surface area contributed by atoms with Crippen LogP contribution in [0.25, 0.3) is 0 Å². The molecule has 92 valence electrons. The summed E-state index contributed by atoms with van der Waals surface area (Å²) in [6, 6.07) is 0.868. The SMILES string of the molecule is CC1CC2CCC(C1)N2C(=O)OC(C)(C)C. The molecule has 0 aliphatic carbocycles. The minimum Gasteiger partial charge on any atom is -0.444 e. The molecule has 0 N–H and O–H groups in total. The Labute approximate surface area is 98.1 Å². The van der Waals surface area contributed by atoms with Crippen LogP contribution < -0.4 is 0 Å². The van der Waals surface area contributed by atoms with Crippen molar-refractivity contribution in [2.75, 3.05) is 0 Å². The van der Waals surface area contributed by atoms with Gasteiger partial charge >= 0.3 is 6.09 Å². The van der Waals surface area contributed by atoms with Crippen molar-refractivity contribution in [2.45, 2.75) is 71.1 Å². The van der Waals surface area contributed by atoms with Crippen LogP contribution in [0.2, 0.25) is 0 Å². The number of nitrogens with zero attached hydrogens (tertiary/aromatic N) is 1. The highest BCUT2D eigenvalue weighted by Gasteiger charge is 2.43. The molecule has 0 aromatic heterocycles. The molecule has 2 fully saturated rings. The van der Waals surface area contributed by atoms with E-state index in [0.717, 1.165) is 31.6 Å². The third-order valence-electron chi connectivity index (χ3n) is 3.57. The molecule has 2 heterocycles. The van der Waals surface area contributed by atoms with Gasteiger partial charge < -0.3 is 9.64 Å². The quantitative estimate of drug-likeness (QED) is 0.633. The highest BCUT2D eigenvalue weighted by Crippen LogP contribution is 2.39. The van der Waals surface area contributed by atoms with E-state index in [-0.39, 0.29) is 11.7 Å². The van der Waals surface area contributed by atoms with Crippen LogP contribution in [-0.2, 0) is 4.74 Å². The van der Waals surface area contributed by atoms with Crippen LogP contribution in [0.3, 0.4) is 0 Å². The summed E-state index contributed by atoms with van der Waals surface area (Å²) in [4.78, 5) is 14.1. The Morgan fingerprint density at radius 2 is 1.69 bits per heavy atom. The number of ether oxygens (including phenoxy) is 1. The lowest BCUT2D eigenvalue weighted by Gasteiger charge is -2.38. The van der Waals surface area contributed by atoms with Crippen molar-refractivity contribution in [1.29, 1.82) is 0 Å². The van der Waals surface area contributed by atoms with Gasteiger partial charge in [-0.1, -0.05) is 6.92 Å². The van der Waals surface area contributed by atoms with E-state index in [9.17, 15) is 4.79 Å². The summed E-state index contributed by atoms with van der Waals surface area (Å²) in [5.41, 5.74) is -0.375. The second kappa shape index (κ2) is 3.94. The molecule has 2 aliphatic heterocycles. The molecule has 1 amide bonds. The van der Waals surface area contributed by atoms with E-state index in [2.05, 4.69) is 6.92 Å². The fraction of sp³-hybridized carbons (Fsp3) is 0.923. The van der Waals surface area contributed by atoms with Crippen LogP contribution in [-0.4, -0.2) is 28.7 Å². The molecule has 2 saturated heterocycles. The van der Waals surface area contributed by atoms with Crippen LogP contribution in [0.5, 0.6) is 0 Å². The molecule has 0 aromatic rings. The van der Waals surface area contributed by atoms with Gasteiger partial charge in [0.05, 0.1) is 0 Å². The van der Waals surface area contributed by atoms with Gasteiger partial charge in [0.1, 0.15) is 5.60 Å². The third-order valence-corrected chi connectivity index (χ3v) is 3.57. The Hall–Kier alpha value is -0.730. The van der Waals surface area contributed by atoms with Gasteiger partial charge in [0.25, 0.3) is 0 Å². The van der Waals surface area contributed by atoms with Gasteiger partial charge in [0.15, 0.2) is 0 Å². The number of amides is 1. The average molecular weight is 225 g/mol. The molecule has 0 radical (unpaired) electrons. The van der Waals surface area contributed by atoms with Crippen molar-refractivity contribution in [3.63, 3.8) is 0 Å². The van der Waals surface area contributed by atoms with Gasteiger partial charge in [-0.25, -0.2) is 4.79 Å². The first-order chi connectivity index (χ1) is 7.37. The molecule has 2 aliphatic rings. The van der Waals surface area contributed by atoms with Crippen LogP contribution in [0, 0.1) is 5.92 Å². The van der Waals surface area contributed by atoms with E-state index in [1.54, 1.807) is 0 Å². The van der Waals surface area contributed by atoms with E-state index >= 15 is 0 Å². The van der Waals surface area contributed by atoms with Gasteiger partial charge in [-0.15, -0.1) is 0 Å². The largest absolute Gasteiger partial charge is 0.444 e. The van der Waals surface area contributed by atoms with E-state index in [0.29, 0.717) is 12.1 Å². The van der Waals surface area contributed by atoms with E-state index in [1.807, 2.05) is 25.7 Å². The number of carbonyl (C=O) groups excluding carboxylic acids is 1. The summed E-state index contributed by atoms with van der Waals surface area (Å²) in [5, 5.41) is 0. The van der Waals surface area contributed by atoms with E-state index in [4.69, 9.17) is 4.74 Å². The zero-order valence-corrected chi connectivity index (χ0v) is 10.8. The van der Waals surface area contributed by atoms with Crippen LogP contribution in [0.15, 0.2) is 0 Å². The molecule has 2 unspecified atom stereocenters. The molecule has 3 nitrogen and oxygen atoms in total. The van der Waals surface area contributed by atoms with E-state index in [1.165, 1.54) is 0 Å². The molecule has 0 aromatic carbocycles. The second-order valence-electron chi connectivity index (χ2n) is 6.35. The lowest BCUT2D eigenvalue weighted by molar-refractivity contribution is 0.00317. The molecular weight excluding hydrogens is 202 g/mol. The summed E-state index contributed by atoms with van der Waals surface area (Å²) < 4.78 is 5.48. The van der Waals surface area contributed by atoms with Gasteiger partial charge in [0, 0.05) is 12.1 Å². The standard InChI is InChI=1S/C13H23NO2/c1-9-7-10-5-6-11(8-9)14(10)12(15)16-13(2,3)4/h9-11H,5-8H2,1-4H3. The molecule has 0 saturated carbocycles. The van der Waals surface area contributed by atoms with Crippen LogP contribution >= 0.6 is 0 Å². The van der Waals surface area contributed by atoms with Gasteiger partial charge in [-0.3, -0.25) is 0 Å². The van der Waals surface area contributed by atoms with Gasteiger partial charge in [-0.2, -0.15) is 0 Å². The summed E-state index contributed by atoms with van der Waals surface area (Å²) in [6.45, 7) is 8.08. The molecule has 0 spiro atoms. The summed E-state index contributed by atoms with van der Waals surface area (Å²) >= 11 is 0. The smallest absolute Gasteiger partial charge is 0.410 e. The summed E-state index contributed by atoms with van der Waals surface area (Å²) in [7, 11) is 0. The maximum Gasteiger partial charge on any atom is 0.410 e. The Kier molecular flexibility index (Phi) is 2.89. The number of fused-ring (bicyclic) bond motifs is 2. The minimum atomic E-state index is -0.375. The van der Waals surface area contributed by atoms with Crippen LogP contribution in [0.4, 0.5) is 4.79 Å². The van der Waals surface area contributed by atoms with Crippen molar-refractivity contribution < 1.29 is 9.53 Å². The Balaban J connectivity index is 2.03. The lowest BCUT2D eigenvalue weighted by Crippen LogP contribution is -2.48. The topological polar surface area (TPSA) is 29.5 Å². The maximum atomic E-state index is 12.1. The predicted octanol–water partition coefficient (Wildman–Crippen LogP) is 3.18. The summed E-state index contributed by atoms with van der Waals surface area (Å²) in [5.74, 6) is 0.760. The fourth-order valence-corrected chi connectivity index (χ4v) is 3.06. The zero-order chi connectivity index (χ0) is 11.9. The predicted molar refractivity (Wildman–Crippen MR) is 63.3 cm³/mol. The van der Waals surface area contributed by atoms with Crippen LogP contribution in [0.1, 0.15) is 53.4 Å². The number of piperidine rings is 1. The van der Waals surface area contributed by atoms with Gasteiger partial charge in [-0.05, 0) is 52.4 Å². The molecule has 2 rings (SSSR count). The van der Waals surface area contributed by atoms with Crippen molar-refractivity contribution >= 4 is 6.09 Å². The first kappa shape index (κ1) is 11.7. The lowest BCUT2D eigenvalue weighted by atomic mass is 9.93. The molecule has 3 heteroatoms. The highest BCUT2D eigenvalue weighted by molar-refractivity contribution is 5.69. The van der Waals surface area contributed by atoms with Gasteiger partial charge in [0.2, 0.25) is 0 Å². The molecule has 2 atom stereocenters. The van der Waals surface area contributed by atoms with Crippen molar-refractivity contribution in [1.82, 2.24) is 4.90 Å². The second-order valence-corrected chi connectivity index (χ2v) is 6.35. The average Bonchev–Trinajstić information content (AvgIpc) is 2.36. The number of rotatable bonds is 0. The monoisotopic (exact) mass is 225 g/mol. The number of hydrogen-bond donors (Lipinski definition) is 0.